The summed E-state index contributed by atoms with van der Waals surface area (Å²) in [6, 6.07) is 4.11. The minimum absolute atomic E-state index is 0.145. The first kappa shape index (κ1) is 36.2. The number of aromatic hydroxyl groups is 1. The van der Waals surface area contributed by atoms with Gasteiger partial charge in [0.1, 0.15) is 18.3 Å². The minimum Gasteiger partial charge on any atom is -0.507 e. The van der Waals surface area contributed by atoms with Gasteiger partial charge in [0.15, 0.2) is 0 Å². The predicted octanol–water partition coefficient (Wildman–Crippen LogP) is 11.1. The molecule has 0 aliphatic rings. The molecule has 38 heavy (non-hydrogen) atoms. The van der Waals surface area contributed by atoms with Crippen LogP contribution in [0.1, 0.15) is 168 Å². The third-order valence-corrected chi connectivity index (χ3v) is 7.32. The van der Waals surface area contributed by atoms with Crippen LogP contribution >= 0.6 is 0 Å². The normalized spacial score (nSPS) is 11.7. The number of carbonyl (C=O) groups excluding carboxylic acids is 1. The Labute approximate surface area is 236 Å². The lowest BCUT2D eigenvalue weighted by Gasteiger charge is -2.28. The summed E-state index contributed by atoms with van der Waals surface area (Å²) in [5.41, 5.74) is 2.61. The third-order valence-electron chi connectivity index (χ3n) is 7.32. The van der Waals surface area contributed by atoms with E-state index in [1.54, 1.807) is 0 Å². The van der Waals surface area contributed by atoms with Crippen LogP contribution in [0.2, 0.25) is 0 Å². The average molecular weight is 531 g/mol. The summed E-state index contributed by atoms with van der Waals surface area (Å²) in [5, 5.41) is 10.9. The average Bonchev–Trinajstić information content (AvgIpc) is 2.85. The number of rotatable bonds is 19. The Morgan fingerprint density at radius 1 is 0.658 bits per heavy atom. The Balaban J connectivity index is 0.00000667. The maximum Gasteiger partial charge on any atom is 0.123 e. The second-order valence-electron chi connectivity index (χ2n) is 13.0. The van der Waals surface area contributed by atoms with Crippen molar-refractivity contribution in [1.82, 2.24) is 0 Å². The first-order valence-electron chi connectivity index (χ1n) is 15.5. The second kappa shape index (κ2) is 20.2. The fourth-order valence-electron chi connectivity index (χ4n) is 4.87. The highest BCUT2D eigenvalue weighted by Crippen LogP contribution is 2.41. The summed E-state index contributed by atoms with van der Waals surface area (Å²) in [7, 11) is 0. The van der Waals surface area contributed by atoms with Crippen molar-refractivity contribution in [3.63, 3.8) is 0 Å². The van der Waals surface area contributed by atoms with Crippen LogP contribution in [0.5, 0.6) is 5.75 Å². The van der Waals surface area contributed by atoms with Gasteiger partial charge in [0.2, 0.25) is 0 Å². The number of hydrogen-bond donors (Lipinski definition) is 1. The van der Waals surface area contributed by atoms with Gasteiger partial charge in [0.25, 0.3) is 0 Å². The highest BCUT2D eigenvalue weighted by atomic mass is 16.5. The molecule has 0 fully saturated rings. The van der Waals surface area contributed by atoms with Crippen molar-refractivity contribution >= 4 is 12.5 Å². The highest BCUT2D eigenvalue weighted by Gasteiger charge is 2.27. The van der Waals surface area contributed by atoms with Crippen LogP contribution in [0.4, 0.5) is 0 Å². The van der Waals surface area contributed by atoms with Crippen LogP contribution in [-0.4, -0.2) is 18.5 Å². The molecular weight excluding hydrogens is 468 g/mol. The Bertz CT molecular complexity index is 716. The maximum atomic E-state index is 10.9. The summed E-state index contributed by atoms with van der Waals surface area (Å²) in [6.45, 7) is 22.0. The van der Waals surface area contributed by atoms with E-state index >= 15 is 0 Å². The van der Waals surface area contributed by atoms with E-state index < -0.39 is 0 Å². The monoisotopic (exact) mass is 530 g/mol. The number of phenols is 1. The highest BCUT2D eigenvalue weighted by molar-refractivity contribution is 5.63. The standard InChI is InChI=1S/C34H60O2.CH2O/c1-9-10-11-12-13-14-15-16-17-18-19-20-21-22-23-24-25-36-28(2)29-26-30(33(3,4)5)32(35)31(27-29)34(6,7)8;1-2/h26-27,35H,2,9-25H2,1,3-8H3;1H2. The van der Waals surface area contributed by atoms with Gasteiger partial charge in [-0.2, -0.15) is 0 Å². The fraction of sp³-hybridized carbons (Fsp3) is 0.743. The van der Waals surface area contributed by atoms with Crippen LogP contribution in [-0.2, 0) is 20.4 Å². The third kappa shape index (κ3) is 15.6. The van der Waals surface area contributed by atoms with Crippen molar-refractivity contribution in [3.05, 3.63) is 35.4 Å². The molecule has 0 radical (unpaired) electrons. The van der Waals surface area contributed by atoms with E-state index in [0.717, 1.165) is 23.1 Å². The molecule has 1 aromatic carbocycles. The smallest absolute Gasteiger partial charge is 0.123 e. The molecule has 0 aliphatic carbocycles. The maximum absolute atomic E-state index is 10.9. The van der Waals surface area contributed by atoms with Crippen molar-refractivity contribution < 1.29 is 14.6 Å². The minimum atomic E-state index is -0.145. The summed E-state index contributed by atoms with van der Waals surface area (Å²) >= 11 is 0. The van der Waals surface area contributed by atoms with E-state index in [-0.39, 0.29) is 10.8 Å². The topological polar surface area (TPSA) is 46.5 Å². The fourth-order valence-corrected chi connectivity index (χ4v) is 4.87. The Hall–Kier alpha value is -1.77. The number of hydrogen-bond acceptors (Lipinski definition) is 3. The molecule has 1 rings (SSSR count). The van der Waals surface area contributed by atoms with Gasteiger partial charge >= 0.3 is 0 Å². The lowest BCUT2D eigenvalue weighted by atomic mass is 9.78. The second-order valence-corrected chi connectivity index (χ2v) is 13.0. The zero-order chi connectivity index (χ0) is 29.0. The number of carbonyl (C=O) groups is 1. The molecular formula is C35H62O3. The quantitative estimate of drug-likeness (QED) is 0.143. The molecule has 0 saturated carbocycles. The van der Waals surface area contributed by atoms with Gasteiger partial charge in [-0.25, -0.2) is 0 Å². The molecule has 3 heteroatoms. The predicted molar refractivity (Wildman–Crippen MR) is 167 cm³/mol. The molecule has 0 unspecified atom stereocenters. The van der Waals surface area contributed by atoms with Crippen molar-refractivity contribution in [2.45, 2.75) is 162 Å². The summed E-state index contributed by atoms with van der Waals surface area (Å²) < 4.78 is 6.05. The molecule has 220 valence electrons. The molecule has 0 amide bonds. The van der Waals surface area contributed by atoms with E-state index in [2.05, 4.69) is 67.2 Å². The summed E-state index contributed by atoms with van der Waals surface area (Å²) in [4.78, 5) is 8.00. The summed E-state index contributed by atoms with van der Waals surface area (Å²) in [5.74, 6) is 1.12. The summed E-state index contributed by atoms with van der Waals surface area (Å²) in [6.07, 6.45) is 22.0. The first-order valence-corrected chi connectivity index (χ1v) is 15.5. The Kier molecular flexibility index (Phi) is 19.2. The van der Waals surface area contributed by atoms with Gasteiger partial charge < -0.3 is 14.6 Å². The molecule has 0 spiro atoms. The largest absolute Gasteiger partial charge is 0.507 e. The number of ether oxygens (including phenoxy) is 1. The Morgan fingerprint density at radius 3 is 1.29 bits per heavy atom. The van der Waals surface area contributed by atoms with Crippen LogP contribution in [0, 0.1) is 0 Å². The number of unbranched alkanes of at least 4 members (excludes halogenated alkanes) is 15. The van der Waals surface area contributed by atoms with Crippen molar-refractivity contribution in [2.24, 2.45) is 0 Å². The molecule has 1 aromatic rings. The number of phenolic OH excluding ortho intramolecular Hbond substituents is 1. The van der Waals surface area contributed by atoms with Gasteiger partial charge in [0.05, 0.1) is 6.61 Å². The van der Waals surface area contributed by atoms with Gasteiger partial charge in [0, 0.05) is 16.7 Å². The lowest BCUT2D eigenvalue weighted by Crippen LogP contribution is -2.18. The number of benzene rings is 1. The first-order chi connectivity index (χ1) is 18.0. The van der Waals surface area contributed by atoms with E-state index in [0.29, 0.717) is 18.1 Å². The van der Waals surface area contributed by atoms with Gasteiger partial charge in [-0.3, -0.25) is 0 Å². The van der Waals surface area contributed by atoms with Crippen LogP contribution < -0.4 is 0 Å². The molecule has 0 bridgehead atoms. The molecule has 0 saturated heterocycles. The lowest BCUT2D eigenvalue weighted by molar-refractivity contribution is -0.0980. The Morgan fingerprint density at radius 2 is 0.974 bits per heavy atom. The zero-order valence-electron chi connectivity index (χ0n) is 26.4. The van der Waals surface area contributed by atoms with Crippen LogP contribution in [0.3, 0.4) is 0 Å². The molecule has 1 N–H and O–H groups in total. The van der Waals surface area contributed by atoms with Crippen LogP contribution in [0.15, 0.2) is 18.7 Å². The van der Waals surface area contributed by atoms with Crippen molar-refractivity contribution in [3.8, 4) is 5.75 Å². The van der Waals surface area contributed by atoms with Crippen molar-refractivity contribution in [2.75, 3.05) is 6.61 Å². The van der Waals surface area contributed by atoms with E-state index in [9.17, 15) is 5.11 Å². The van der Waals surface area contributed by atoms with Gasteiger partial charge in [-0.15, -0.1) is 0 Å². The molecule has 0 aliphatic heterocycles. The van der Waals surface area contributed by atoms with E-state index in [4.69, 9.17) is 9.53 Å². The van der Waals surface area contributed by atoms with Crippen LogP contribution in [0.25, 0.3) is 5.76 Å². The molecule has 3 nitrogen and oxygen atoms in total. The molecule has 0 aromatic heterocycles. The van der Waals surface area contributed by atoms with Crippen molar-refractivity contribution in [1.29, 1.82) is 0 Å². The van der Waals surface area contributed by atoms with Gasteiger partial charge in [-0.1, -0.05) is 151 Å². The van der Waals surface area contributed by atoms with E-state index in [1.807, 2.05) is 6.79 Å². The zero-order valence-corrected chi connectivity index (χ0v) is 26.4. The molecule has 0 heterocycles. The molecule has 0 atom stereocenters. The van der Waals surface area contributed by atoms with Gasteiger partial charge in [-0.05, 0) is 29.4 Å². The SMILES string of the molecule is C=C(OCCCCCCCCCCCCCCCCCC)c1cc(C(C)(C)C)c(O)c(C(C)(C)C)c1.C=O. The van der Waals surface area contributed by atoms with E-state index in [1.165, 1.54) is 96.3 Å².